The molecule has 2 atom stereocenters. The minimum absolute atomic E-state index is 0.0343. The van der Waals surface area contributed by atoms with Gasteiger partial charge in [-0.15, -0.1) is 5.06 Å². The highest BCUT2D eigenvalue weighted by molar-refractivity contribution is 6.20. The Balaban J connectivity index is 1.51. The maximum absolute atomic E-state index is 12.8. The molecule has 1 aliphatic heterocycles. The van der Waals surface area contributed by atoms with E-state index in [2.05, 4.69) is 16.0 Å². The Labute approximate surface area is 227 Å². The highest BCUT2D eigenvalue weighted by Gasteiger charge is 2.36. The molecule has 0 fully saturated rings. The van der Waals surface area contributed by atoms with Crippen molar-refractivity contribution in [2.75, 3.05) is 5.32 Å². The number of carbonyl (C=O) groups excluding carboxylic acids is 5. The molecule has 11 heteroatoms. The van der Waals surface area contributed by atoms with E-state index in [1.165, 1.54) is 6.92 Å². The van der Waals surface area contributed by atoms with Crippen molar-refractivity contribution in [1.29, 1.82) is 0 Å². The molecular formula is C28H34N4O7. The Bertz CT molecular complexity index is 1220. The number of benzene rings is 2. The summed E-state index contributed by atoms with van der Waals surface area (Å²) in [5.74, 6) is -2.26. The number of nitrogens with zero attached hydrogens (tertiary/aromatic N) is 1. The van der Waals surface area contributed by atoms with Gasteiger partial charge in [0.25, 0.3) is 11.8 Å². The largest absolute Gasteiger partial charge is 0.444 e. The van der Waals surface area contributed by atoms with Gasteiger partial charge in [0.2, 0.25) is 11.8 Å². The van der Waals surface area contributed by atoms with Gasteiger partial charge >= 0.3 is 6.09 Å². The Morgan fingerprint density at radius 2 is 1.41 bits per heavy atom. The molecule has 0 radical (unpaired) electrons. The average Bonchev–Trinajstić information content (AvgIpc) is 3.10. The van der Waals surface area contributed by atoms with E-state index in [0.717, 1.165) is 5.06 Å². The summed E-state index contributed by atoms with van der Waals surface area (Å²) in [6.45, 7) is 10.2. The van der Waals surface area contributed by atoms with Crippen molar-refractivity contribution in [2.24, 2.45) is 5.92 Å². The topological polar surface area (TPSA) is 143 Å². The van der Waals surface area contributed by atoms with Crippen molar-refractivity contribution >= 4 is 35.4 Å². The third kappa shape index (κ3) is 7.64. The standard InChI is InChI=1S/C28H34N4O7/c1-16(2)22(31-27(37)39-28(4,5)6)24(34)29-17(3)23(33)30-19-13-11-18(12-14-19)15-38-32-25(35)20-9-7-8-10-21(20)26(32)36/h7-14,16-17,22H,15H2,1-6H3,(H,29,34)(H,30,33)(H,31,37)/t17-,22-/m1/s1. The third-order valence-electron chi connectivity index (χ3n) is 5.71. The summed E-state index contributed by atoms with van der Waals surface area (Å²) in [5.41, 5.74) is 1.01. The molecule has 0 aliphatic carbocycles. The van der Waals surface area contributed by atoms with E-state index in [9.17, 15) is 24.0 Å². The fourth-order valence-electron chi connectivity index (χ4n) is 3.70. The monoisotopic (exact) mass is 538 g/mol. The van der Waals surface area contributed by atoms with E-state index in [4.69, 9.17) is 9.57 Å². The molecule has 208 valence electrons. The quantitative estimate of drug-likeness (QED) is 0.415. The van der Waals surface area contributed by atoms with Gasteiger partial charge in [0.05, 0.1) is 11.1 Å². The van der Waals surface area contributed by atoms with Crippen molar-refractivity contribution < 1.29 is 33.5 Å². The first-order valence-electron chi connectivity index (χ1n) is 12.6. The molecule has 1 aliphatic rings. The summed E-state index contributed by atoms with van der Waals surface area (Å²) in [4.78, 5) is 67.8. The summed E-state index contributed by atoms with van der Waals surface area (Å²) in [6.07, 6.45) is -0.722. The Kier molecular flexibility index (Phi) is 9.08. The molecule has 0 bridgehead atoms. The first kappa shape index (κ1) is 29.3. The molecule has 3 rings (SSSR count). The summed E-state index contributed by atoms with van der Waals surface area (Å²) < 4.78 is 5.23. The normalized spacial score (nSPS) is 14.5. The number of rotatable bonds is 9. The van der Waals surface area contributed by atoms with Crippen LogP contribution in [0.5, 0.6) is 0 Å². The van der Waals surface area contributed by atoms with Crippen LogP contribution in [0.15, 0.2) is 48.5 Å². The fraction of sp³-hybridized carbons (Fsp3) is 0.393. The summed E-state index contributed by atoms with van der Waals surface area (Å²) in [7, 11) is 0. The number of fused-ring (bicyclic) bond motifs is 1. The van der Waals surface area contributed by atoms with E-state index in [1.807, 2.05) is 0 Å². The van der Waals surface area contributed by atoms with Gasteiger partial charge in [0.1, 0.15) is 24.3 Å². The van der Waals surface area contributed by atoms with Crippen molar-refractivity contribution in [3.63, 3.8) is 0 Å². The zero-order chi connectivity index (χ0) is 28.9. The number of amides is 5. The molecule has 5 amide bonds. The number of hydroxylamine groups is 2. The number of hydrogen-bond acceptors (Lipinski definition) is 7. The van der Waals surface area contributed by atoms with Gasteiger partial charge in [-0.1, -0.05) is 38.1 Å². The molecule has 2 aromatic carbocycles. The molecule has 0 saturated heterocycles. The summed E-state index contributed by atoms with van der Waals surface area (Å²) in [6, 6.07) is 11.3. The molecule has 0 spiro atoms. The van der Waals surface area contributed by atoms with Gasteiger partial charge in [-0.25, -0.2) is 4.79 Å². The van der Waals surface area contributed by atoms with Gasteiger partial charge in [-0.3, -0.25) is 24.0 Å². The maximum Gasteiger partial charge on any atom is 0.408 e. The first-order valence-corrected chi connectivity index (χ1v) is 12.6. The van der Waals surface area contributed by atoms with Crippen molar-refractivity contribution in [3.05, 3.63) is 65.2 Å². The zero-order valence-electron chi connectivity index (χ0n) is 22.9. The van der Waals surface area contributed by atoms with Gasteiger partial charge in [0, 0.05) is 5.69 Å². The lowest BCUT2D eigenvalue weighted by Gasteiger charge is -2.26. The number of imide groups is 1. The van der Waals surface area contributed by atoms with E-state index in [1.54, 1.807) is 83.1 Å². The molecule has 2 aromatic rings. The number of carbonyl (C=O) groups is 5. The van der Waals surface area contributed by atoms with Gasteiger partial charge in [0.15, 0.2) is 0 Å². The van der Waals surface area contributed by atoms with Crippen molar-refractivity contribution in [2.45, 2.75) is 65.8 Å². The average molecular weight is 539 g/mol. The smallest absolute Gasteiger partial charge is 0.408 e. The van der Waals surface area contributed by atoms with Gasteiger partial charge in [-0.2, -0.15) is 0 Å². The second-order valence-corrected chi connectivity index (χ2v) is 10.5. The summed E-state index contributed by atoms with van der Waals surface area (Å²) >= 11 is 0. The van der Waals surface area contributed by atoms with Crippen LogP contribution < -0.4 is 16.0 Å². The molecular weight excluding hydrogens is 504 g/mol. The molecule has 0 unspecified atom stereocenters. The third-order valence-corrected chi connectivity index (χ3v) is 5.71. The molecule has 39 heavy (non-hydrogen) atoms. The predicted octanol–water partition coefficient (Wildman–Crippen LogP) is 3.41. The lowest BCUT2D eigenvalue weighted by molar-refractivity contribution is -0.128. The van der Waals surface area contributed by atoms with E-state index < -0.39 is 47.4 Å². The van der Waals surface area contributed by atoms with Gasteiger partial charge < -0.3 is 20.7 Å². The number of hydrogen-bond donors (Lipinski definition) is 3. The van der Waals surface area contributed by atoms with E-state index >= 15 is 0 Å². The molecule has 0 aromatic heterocycles. The van der Waals surface area contributed by atoms with E-state index in [-0.39, 0.29) is 12.5 Å². The molecule has 3 N–H and O–H groups in total. The Hall–Kier alpha value is -4.25. The lowest BCUT2D eigenvalue weighted by atomic mass is 10.0. The Morgan fingerprint density at radius 3 is 1.92 bits per heavy atom. The number of alkyl carbamates (subject to hydrolysis) is 1. The second kappa shape index (κ2) is 12.1. The van der Waals surface area contributed by atoms with Crippen LogP contribution in [0.25, 0.3) is 0 Å². The van der Waals surface area contributed by atoms with Crippen LogP contribution in [0.2, 0.25) is 0 Å². The lowest BCUT2D eigenvalue weighted by Crippen LogP contribution is -2.54. The summed E-state index contributed by atoms with van der Waals surface area (Å²) in [5, 5.41) is 8.63. The fourth-order valence-corrected chi connectivity index (χ4v) is 3.70. The highest BCUT2D eigenvalue weighted by atomic mass is 16.7. The Morgan fingerprint density at radius 1 is 0.846 bits per heavy atom. The number of anilines is 1. The van der Waals surface area contributed by atoms with Crippen LogP contribution in [-0.4, -0.2) is 52.5 Å². The molecule has 1 heterocycles. The molecule has 0 saturated carbocycles. The van der Waals surface area contributed by atoms with Crippen LogP contribution in [-0.2, 0) is 25.8 Å². The minimum atomic E-state index is -0.893. The van der Waals surface area contributed by atoms with Crippen molar-refractivity contribution in [3.8, 4) is 0 Å². The predicted molar refractivity (Wildman–Crippen MR) is 142 cm³/mol. The van der Waals surface area contributed by atoms with Gasteiger partial charge in [-0.05, 0) is 63.4 Å². The van der Waals surface area contributed by atoms with Crippen molar-refractivity contribution in [1.82, 2.24) is 15.7 Å². The maximum atomic E-state index is 12.8. The SMILES string of the molecule is CC(C)[C@@H](NC(=O)OC(C)(C)C)C(=O)N[C@H](C)C(=O)Nc1ccc(CON2C(=O)c3ccccc3C2=O)cc1. The molecule has 11 nitrogen and oxygen atoms in total. The van der Waals surface area contributed by atoms with Crippen LogP contribution in [0, 0.1) is 5.92 Å². The number of nitrogens with one attached hydrogen (secondary N) is 3. The van der Waals surface area contributed by atoms with E-state index in [0.29, 0.717) is 22.4 Å². The zero-order valence-corrected chi connectivity index (χ0v) is 22.9. The van der Waals surface area contributed by atoms with Crippen LogP contribution >= 0.6 is 0 Å². The van der Waals surface area contributed by atoms with Crippen LogP contribution in [0.3, 0.4) is 0 Å². The minimum Gasteiger partial charge on any atom is -0.444 e. The van der Waals surface area contributed by atoms with Crippen LogP contribution in [0.1, 0.15) is 67.8 Å². The highest BCUT2D eigenvalue weighted by Crippen LogP contribution is 2.23. The van der Waals surface area contributed by atoms with Crippen LogP contribution in [0.4, 0.5) is 10.5 Å². The first-order chi connectivity index (χ1) is 18.3. The second-order valence-electron chi connectivity index (χ2n) is 10.5. The number of ether oxygens (including phenoxy) is 1.